The zero-order valence-corrected chi connectivity index (χ0v) is 23.5. The molecule has 0 aliphatic carbocycles. The minimum absolute atomic E-state index is 0.0381. The van der Waals surface area contributed by atoms with Crippen molar-refractivity contribution < 1.29 is 13.9 Å². The van der Waals surface area contributed by atoms with E-state index in [2.05, 4.69) is 37.5 Å². The molecule has 2 fully saturated rings. The van der Waals surface area contributed by atoms with Gasteiger partial charge in [0.05, 0.1) is 39.4 Å². The number of fused-ring (bicyclic) bond motifs is 2. The lowest BCUT2D eigenvalue weighted by Crippen LogP contribution is -2.32. The smallest absolute Gasteiger partial charge is 0.410 e. The predicted molar refractivity (Wildman–Crippen MR) is 160 cm³/mol. The molecule has 9 nitrogen and oxygen atoms in total. The third-order valence-electron chi connectivity index (χ3n) is 7.53. The topological polar surface area (TPSA) is 97.2 Å². The molecule has 2 atom stereocenters. The van der Waals surface area contributed by atoms with Crippen LogP contribution in [0.15, 0.2) is 61.1 Å². The summed E-state index contributed by atoms with van der Waals surface area (Å²) in [6.45, 7) is 2.66. The van der Waals surface area contributed by atoms with Gasteiger partial charge in [-0.1, -0.05) is 24.0 Å². The average Bonchev–Trinajstić information content (AvgIpc) is 3.79. The fourth-order valence-corrected chi connectivity index (χ4v) is 6.34. The second-order valence-corrected chi connectivity index (χ2v) is 11.6. The van der Waals surface area contributed by atoms with Gasteiger partial charge in [0.1, 0.15) is 18.2 Å². The fraction of sp³-hybridized carbons (Fsp3) is 0.290. The van der Waals surface area contributed by atoms with Crippen molar-refractivity contribution in [1.82, 2.24) is 30.0 Å². The highest BCUT2D eigenvalue weighted by Crippen LogP contribution is 2.31. The lowest BCUT2D eigenvalue weighted by atomic mass is 10.2. The number of halogens is 1. The van der Waals surface area contributed by atoms with Crippen LogP contribution in [0.2, 0.25) is 0 Å². The Kier molecular flexibility index (Phi) is 7.15. The van der Waals surface area contributed by atoms with Gasteiger partial charge in [0.25, 0.3) is 0 Å². The van der Waals surface area contributed by atoms with E-state index in [0.717, 1.165) is 63.2 Å². The van der Waals surface area contributed by atoms with E-state index in [9.17, 15) is 9.18 Å². The van der Waals surface area contributed by atoms with E-state index in [4.69, 9.17) is 4.74 Å². The molecule has 212 valence electrons. The molecule has 2 N–H and O–H groups in total. The molecule has 11 heteroatoms. The van der Waals surface area contributed by atoms with Crippen LogP contribution in [0.4, 0.5) is 20.7 Å². The van der Waals surface area contributed by atoms with Crippen molar-refractivity contribution in [2.75, 3.05) is 25.0 Å². The molecule has 2 aliphatic heterocycles. The lowest BCUT2D eigenvalue weighted by molar-refractivity contribution is 0.0763. The van der Waals surface area contributed by atoms with Crippen LogP contribution in [0.25, 0.3) is 21.1 Å². The second kappa shape index (κ2) is 11.4. The van der Waals surface area contributed by atoms with Gasteiger partial charge in [-0.3, -0.25) is 10.00 Å². The molecule has 0 radical (unpaired) electrons. The number of ether oxygens (including phenoxy) is 1. The molecular formula is C31H28FN7O2S. The van der Waals surface area contributed by atoms with Crippen LogP contribution in [-0.2, 0) is 11.3 Å². The number of nitrogens with one attached hydrogen (secondary N) is 2. The molecule has 1 amide bonds. The summed E-state index contributed by atoms with van der Waals surface area (Å²) < 4.78 is 22.1. The third-order valence-corrected chi connectivity index (χ3v) is 8.58. The maximum absolute atomic E-state index is 13.6. The molecule has 2 saturated heterocycles. The van der Waals surface area contributed by atoms with Gasteiger partial charge in [0.2, 0.25) is 0 Å². The first-order valence-corrected chi connectivity index (χ1v) is 14.8. The van der Waals surface area contributed by atoms with Crippen LogP contribution in [-0.4, -0.2) is 62.5 Å². The monoisotopic (exact) mass is 581 g/mol. The molecule has 0 unspecified atom stereocenters. The first-order chi connectivity index (χ1) is 20.6. The number of benzene rings is 2. The fourth-order valence-electron chi connectivity index (χ4n) is 5.42. The molecule has 0 bridgehead atoms. The summed E-state index contributed by atoms with van der Waals surface area (Å²) >= 11 is 1.54. The van der Waals surface area contributed by atoms with Crippen molar-refractivity contribution in [3.63, 3.8) is 0 Å². The number of rotatable bonds is 5. The van der Waals surface area contributed by atoms with E-state index in [0.29, 0.717) is 25.3 Å². The second-order valence-electron chi connectivity index (χ2n) is 10.5. The van der Waals surface area contributed by atoms with Gasteiger partial charge in [-0.15, -0.1) is 11.3 Å². The Labute approximate surface area is 245 Å². The summed E-state index contributed by atoms with van der Waals surface area (Å²) in [6, 6.07) is 14.5. The van der Waals surface area contributed by atoms with Crippen LogP contribution >= 0.6 is 11.3 Å². The highest BCUT2D eigenvalue weighted by molar-refractivity contribution is 7.20. The normalized spacial score (nSPS) is 18.4. The SMILES string of the molecule is O=C(O[C@@H]1CN[C@@H](C#Cc2cc3ncnc(Nc4ccc5c(cnn5Cc5cccc(F)c5)c4)c3s2)C1)N1CCCC1. The molecule has 0 saturated carbocycles. The van der Waals surface area contributed by atoms with E-state index in [1.807, 2.05) is 41.2 Å². The van der Waals surface area contributed by atoms with Crippen LogP contribution < -0.4 is 10.6 Å². The van der Waals surface area contributed by atoms with Gasteiger partial charge < -0.3 is 15.0 Å². The van der Waals surface area contributed by atoms with Crippen molar-refractivity contribution in [2.45, 2.75) is 38.0 Å². The van der Waals surface area contributed by atoms with Crippen molar-refractivity contribution in [3.05, 3.63) is 77.3 Å². The highest BCUT2D eigenvalue weighted by Gasteiger charge is 2.28. The first kappa shape index (κ1) is 26.4. The average molecular weight is 582 g/mol. The largest absolute Gasteiger partial charge is 0.445 e. The Morgan fingerprint density at radius 1 is 1.17 bits per heavy atom. The highest BCUT2D eigenvalue weighted by atomic mass is 32.1. The van der Waals surface area contributed by atoms with Gasteiger partial charge in [-0.2, -0.15) is 5.10 Å². The van der Waals surface area contributed by atoms with Gasteiger partial charge >= 0.3 is 6.09 Å². The molecule has 7 rings (SSSR count). The number of hydrogen-bond acceptors (Lipinski definition) is 8. The van der Waals surface area contributed by atoms with Gasteiger partial charge in [-0.05, 0) is 54.8 Å². The van der Waals surface area contributed by atoms with Crippen molar-refractivity contribution >= 4 is 50.1 Å². The molecule has 2 aromatic carbocycles. The molecular weight excluding hydrogens is 553 g/mol. The van der Waals surface area contributed by atoms with E-state index >= 15 is 0 Å². The number of carbonyl (C=O) groups is 1. The third kappa shape index (κ3) is 5.64. The summed E-state index contributed by atoms with van der Waals surface area (Å²) in [5.74, 6) is 7.01. The van der Waals surface area contributed by atoms with E-state index in [1.54, 1.807) is 17.3 Å². The zero-order chi connectivity index (χ0) is 28.5. The molecule has 0 spiro atoms. The minimum atomic E-state index is -0.256. The molecule has 5 aromatic rings. The standard InChI is InChI=1S/C31H28FN7O2S/c32-22-5-3-4-20(12-22)18-39-28-9-7-24(13-21(28)16-36-39)37-30-29-27(34-19-35-30)15-26(42-29)8-6-23-14-25(17-33-23)41-31(40)38-10-1-2-11-38/h3-5,7,9,12-13,15-16,19,23,25,33H,1-2,10-11,14,17-18H2,(H,34,35,37)/t23-,25-/m0/s1. The predicted octanol–water partition coefficient (Wildman–Crippen LogP) is 5.29. The van der Waals surface area contributed by atoms with Gasteiger partial charge in [0, 0.05) is 37.1 Å². The first-order valence-electron chi connectivity index (χ1n) is 14.0. The Hall–Kier alpha value is -4.53. The van der Waals surface area contributed by atoms with Crippen LogP contribution in [0, 0.1) is 17.7 Å². The van der Waals surface area contributed by atoms with Crippen molar-refractivity contribution in [3.8, 4) is 11.8 Å². The quantitative estimate of drug-likeness (QED) is 0.273. The molecule has 42 heavy (non-hydrogen) atoms. The number of nitrogens with zero attached hydrogens (tertiary/aromatic N) is 5. The Bertz CT molecular complexity index is 1840. The number of hydrogen-bond donors (Lipinski definition) is 2. The maximum Gasteiger partial charge on any atom is 0.410 e. The van der Waals surface area contributed by atoms with E-state index in [1.165, 1.54) is 23.5 Å². The number of carbonyl (C=O) groups excluding carboxylic acids is 1. The van der Waals surface area contributed by atoms with Crippen LogP contribution in [0.3, 0.4) is 0 Å². The summed E-state index contributed by atoms with van der Waals surface area (Å²) in [5, 5.41) is 12.3. The Balaban J connectivity index is 1.03. The van der Waals surface area contributed by atoms with E-state index in [-0.39, 0.29) is 24.1 Å². The number of aromatic nitrogens is 4. The number of thiophene rings is 1. The zero-order valence-electron chi connectivity index (χ0n) is 22.7. The Morgan fingerprint density at radius 3 is 2.95 bits per heavy atom. The lowest BCUT2D eigenvalue weighted by Gasteiger charge is -2.18. The number of likely N-dealkylation sites (tertiary alicyclic amines) is 1. The van der Waals surface area contributed by atoms with Gasteiger partial charge in [-0.25, -0.2) is 19.2 Å². The molecule has 2 aliphatic rings. The van der Waals surface area contributed by atoms with E-state index < -0.39 is 0 Å². The number of anilines is 2. The van der Waals surface area contributed by atoms with Crippen molar-refractivity contribution in [2.24, 2.45) is 0 Å². The summed E-state index contributed by atoms with van der Waals surface area (Å²) in [4.78, 5) is 23.9. The van der Waals surface area contributed by atoms with Crippen LogP contribution in [0.1, 0.15) is 29.7 Å². The summed E-state index contributed by atoms with van der Waals surface area (Å²) in [7, 11) is 0. The van der Waals surface area contributed by atoms with Crippen molar-refractivity contribution in [1.29, 1.82) is 0 Å². The van der Waals surface area contributed by atoms with Gasteiger partial charge in [0.15, 0.2) is 5.82 Å². The molecule has 5 heterocycles. The Morgan fingerprint density at radius 2 is 2.07 bits per heavy atom. The summed E-state index contributed by atoms with van der Waals surface area (Å²) in [6.07, 6.45) is 5.74. The number of amides is 1. The minimum Gasteiger partial charge on any atom is -0.445 e. The molecule has 3 aromatic heterocycles. The maximum atomic E-state index is 13.6. The van der Waals surface area contributed by atoms with Crippen LogP contribution in [0.5, 0.6) is 0 Å². The summed E-state index contributed by atoms with van der Waals surface area (Å²) in [5.41, 5.74) is 3.51.